The Hall–Kier alpha value is -4.79. The van der Waals surface area contributed by atoms with Crippen LogP contribution in [-0.4, -0.2) is 115 Å². The van der Waals surface area contributed by atoms with Crippen LogP contribution in [0.4, 0.5) is 0 Å². The van der Waals surface area contributed by atoms with Gasteiger partial charge in [0.1, 0.15) is 73.6 Å². The molecule has 53 heavy (non-hydrogen) atoms. The first-order valence-corrected chi connectivity index (χ1v) is 16.9. The fourth-order valence-electron chi connectivity index (χ4n) is 7.27. The third-order valence-corrected chi connectivity index (χ3v) is 9.69. The highest BCUT2D eigenvalue weighted by atomic mass is 16.7. The summed E-state index contributed by atoms with van der Waals surface area (Å²) in [5.74, 6) is -1.38. The van der Waals surface area contributed by atoms with Crippen LogP contribution in [0.1, 0.15) is 35.1 Å². The minimum Gasteiger partial charge on any atom is -0.550 e. The Kier molecular flexibility index (Phi) is 10.3. The summed E-state index contributed by atoms with van der Waals surface area (Å²) in [6.45, 7) is 1.07. The summed E-state index contributed by atoms with van der Waals surface area (Å²) in [5.41, 5.74) is 15.9. The number of nitrogens with one attached hydrogen (secondary N) is 1. The molecule has 18 heteroatoms. The average molecular weight is 741 g/mol. The van der Waals surface area contributed by atoms with Gasteiger partial charge in [-0.05, 0) is 18.2 Å². The average Bonchev–Trinajstić information content (AvgIpc) is 3.83. The number of nitrogens with two attached hydrogens (primary N) is 2. The van der Waals surface area contributed by atoms with Gasteiger partial charge in [-0.2, -0.15) is 0 Å². The normalized spacial score (nSPS) is 28.4. The minimum absolute atomic E-state index is 0.0255. The van der Waals surface area contributed by atoms with Crippen molar-refractivity contribution < 1.29 is 73.2 Å². The van der Waals surface area contributed by atoms with Crippen molar-refractivity contribution in [3.8, 4) is 28.7 Å². The highest BCUT2D eigenvalue weighted by molar-refractivity contribution is 6.06. The number of aliphatic carboxylic acids is 1. The smallest absolute Gasteiger partial charge is 0.311 e. The molecule has 0 bridgehead atoms. The highest BCUT2D eigenvalue weighted by Gasteiger charge is 2.51. The van der Waals surface area contributed by atoms with Gasteiger partial charge in [-0.3, -0.25) is 14.7 Å². The van der Waals surface area contributed by atoms with E-state index in [9.17, 15) is 35.1 Å². The number of ether oxygens (including phenoxy) is 7. The maximum atomic E-state index is 12.2. The molecule has 9 unspecified atom stereocenters. The first kappa shape index (κ1) is 36.6. The second kappa shape index (κ2) is 14.9. The SMILES string of the molecule is COc1ccc2c(c1OCCO)OC1c3c(C[NH+]4C=C5C=CN=C5C4)cc(OC4OC(C(OC(=O)CC(=O)[O-])C(N)N)C(O)C(O)C4O)cc3OCC21. The van der Waals surface area contributed by atoms with Crippen LogP contribution in [0.5, 0.6) is 28.7 Å². The fourth-order valence-corrected chi connectivity index (χ4v) is 7.27. The van der Waals surface area contributed by atoms with E-state index in [1.165, 1.54) is 7.11 Å². The van der Waals surface area contributed by atoms with Crippen LogP contribution >= 0.6 is 0 Å². The van der Waals surface area contributed by atoms with E-state index in [1.54, 1.807) is 24.4 Å². The van der Waals surface area contributed by atoms with E-state index >= 15 is 0 Å². The zero-order valence-corrected chi connectivity index (χ0v) is 28.5. The van der Waals surface area contributed by atoms with Gasteiger partial charge in [0.2, 0.25) is 12.0 Å². The predicted octanol–water partition coefficient (Wildman–Crippen LogP) is -3.59. The molecule has 9 N–H and O–H groups in total. The number of rotatable bonds is 13. The maximum absolute atomic E-state index is 12.2. The number of hydrogen-bond donors (Lipinski definition) is 7. The Morgan fingerprint density at radius 3 is 2.68 bits per heavy atom. The molecule has 9 atom stereocenters. The van der Waals surface area contributed by atoms with Gasteiger partial charge in [0.15, 0.2) is 17.6 Å². The number of carbonyl (C=O) groups is 2. The number of aliphatic imine (C=N–C) groups is 1. The van der Waals surface area contributed by atoms with E-state index in [1.807, 2.05) is 12.1 Å². The van der Waals surface area contributed by atoms with Crippen molar-refractivity contribution in [2.24, 2.45) is 16.5 Å². The van der Waals surface area contributed by atoms with Crippen LogP contribution < -0.4 is 45.2 Å². The molecule has 0 radical (unpaired) electrons. The van der Waals surface area contributed by atoms with E-state index in [0.29, 0.717) is 36.1 Å². The van der Waals surface area contributed by atoms with Crippen molar-refractivity contribution in [1.82, 2.24) is 0 Å². The number of nitrogens with zero attached hydrogens (tertiary/aromatic N) is 1. The quantitative estimate of drug-likeness (QED) is 0.0594. The van der Waals surface area contributed by atoms with Crippen LogP contribution in [0.2, 0.25) is 0 Å². The van der Waals surface area contributed by atoms with Crippen LogP contribution in [0, 0.1) is 0 Å². The van der Waals surface area contributed by atoms with Crippen molar-refractivity contribution in [2.75, 3.05) is 33.5 Å². The summed E-state index contributed by atoms with van der Waals surface area (Å²) in [7, 11) is 1.51. The lowest BCUT2D eigenvalue weighted by Gasteiger charge is -2.43. The summed E-state index contributed by atoms with van der Waals surface area (Å²) in [4.78, 5) is 28.6. The molecule has 5 aliphatic rings. The zero-order chi connectivity index (χ0) is 37.6. The first-order chi connectivity index (χ1) is 25.5. The largest absolute Gasteiger partial charge is 0.550 e. The van der Waals surface area contributed by atoms with Gasteiger partial charge < -0.3 is 75.0 Å². The summed E-state index contributed by atoms with van der Waals surface area (Å²) in [6.07, 6.45) is -7.91. The summed E-state index contributed by atoms with van der Waals surface area (Å²) >= 11 is 0. The maximum Gasteiger partial charge on any atom is 0.311 e. The molecule has 1 saturated heterocycles. The molecule has 0 amide bonds. The minimum atomic E-state index is -1.88. The van der Waals surface area contributed by atoms with Gasteiger partial charge in [-0.15, -0.1) is 0 Å². The number of carbonyl (C=O) groups excluding carboxylic acids is 2. The molecule has 0 spiro atoms. The monoisotopic (exact) mass is 740 g/mol. The standard InChI is InChI=1S/C35H40N4O14/c1-47-21-3-2-18-19-14-49-22-9-17(50-35-28(46)26(44)27(45)32(53-35)33(34(36)37)51-24(43)10-23(41)42)8-16(12-39-11-15-4-5-38-20(15)13-39)25(22)29(19)52-30(18)31(21)48-7-6-40/h2-5,8-9,11,19,26-29,32-35,40,44-46H,6-7,10,12-14,36-37H2,1H3,(H,41,42). The molecule has 284 valence electrons. The predicted molar refractivity (Wildman–Crippen MR) is 177 cm³/mol. The molecular weight excluding hydrogens is 700 g/mol. The molecule has 0 aliphatic carbocycles. The number of carboxylic acids is 1. The molecule has 5 heterocycles. The van der Waals surface area contributed by atoms with Gasteiger partial charge in [-0.25, -0.2) is 0 Å². The summed E-state index contributed by atoms with van der Waals surface area (Å²) in [6, 6.07) is 6.98. The molecular formula is C35H40N4O14. The van der Waals surface area contributed by atoms with Gasteiger partial charge in [0.05, 0.1) is 50.4 Å². The molecule has 7 rings (SSSR count). The lowest BCUT2D eigenvalue weighted by molar-refractivity contribution is -0.848. The van der Waals surface area contributed by atoms with Crippen LogP contribution in [-0.2, 0) is 25.6 Å². The Morgan fingerprint density at radius 1 is 1.15 bits per heavy atom. The fraction of sp³-hybridized carbons (Fsp3) is 0.457. The topological polar surface area (TPSA) is 272 Å². The number of esters is 1. The number of fused-ring (bicyclic) bond motifs is 6. The molecule has 2 aromatic rings. The Labute approximate surface area is 302 Å². The number of aliphatic hydroxyl groups excluding tert-OH is 4. The molecule has 0 saturated carbocycles. The number of allylic oxidation sites excluding steroid dienone is 1. The number of carboxylic acid groups (broad SMARTS) is 1. The number of benzene rings is 2. The number of aliphatic hydroxyl groups is 4. The summed E-state index contributed by atoms with van der Waals surface area (Å²) in [5, 5.41) is 53.0. The first-order valence-electron chi connectivity index (χ1n) is 16.9. The summed E-state index contributed by atoms with van der Waals surface area (Å²) < 4.78 is 41.4. The van der Waals surface area contributed by atoms with Crippen LogP contribution in [0.15, 0.2) is 53.3 Å². The Bertz CT molecular complexity index is 1850. The third-order valence-electron chi connectivity index (χ3n) is 9.69. The lowest BCUT2D eigenvalue weighted by Crippen LogP contribution is -3.05. The van der Waals surface area contributed by atoms with E-state index < -0.39 is 67.4 Å². The molecule has 0 aromatic heterocycles. The Balaban J connectivity index is 1.21. The van der Waals surface area contributed by atoms with Gasteiger partial charge in [0.25, 0.3) is 0 Å². The number of quaternary nitrogens is 1. The van der Waals surface area contributed by atoms with E-state index in [0.717, 1.165) is 32.9 Å². The van der Waals surface area contributed by atoms with Crippen molar-refractivity contribution in [3.05, 3.63) is 65.0 Å². The van der Waals surface area contributed by atoms with Gasteiger partial charge in [0, 0.05) is 29.0 Å². The third kappa shape index (κ3) is 7.02. The number of hydrogen-bond acceptors (Lipinski definition) is 17. The van der Waals surface area contributed by atoms with Crippen molar-refractivity contribution in [2.45, 2.75) is 68.0 Å². The van der Waals surface area contributed by atoms with Crippen molar-refractivity contribution in [1.29, 1.82) is 0 Å². The second-order valence-electron chi connectivity index (χ2n) is 13.2. The van der Waals surface area contributed by atoms with Crippen LogP contribution in [0.25, 0.3) is 0 Å². The lowest BCUT2D eigenvalue weighted by atomic mass is 9.86. The second-order valence-corrected chi connectivity index (χ2v) is 13.2. The molecule has 2 aromatic carbocycles. The van der Waals surface area contributed by atoms with Gasteiger partial charge in [-0.1, -0.05) is 6.07 Å². The van der Waals surface area contributed by atoms with Gasteiger partial charge >= 0.3 is 5.97 Å². The molecule has 1 fully saturated rings. The Morgan fingerprint density at radius 2 is 1.96 bits per heavy atom. The van der Waals surface area contributed by atoms with E-state index in [4.69, 9.17) is 44.6 Å². The highest BCUT2D eigenvalue weighted by Crippen LogP contribution is 2.57. The molecule has 5 aliphatic heterocycles. The number of methoxy groups -OCH3 is 1. The van der Waals surface area contributed by atoms with Crippen molar-refractivity contribution >= 4 is 17.7 Å². The van der Waals surface area contributed by atoms with E-state index in [-0.39, 0.29) is 31.5 Å². The van der Waals surface area contributed by atoms with E-state index in [2.05, 4.69) is 11.2 Å². The zero-order valence-electron chi connectivity index (χ0n) is 28.5. The molecule has 18 nitrogen and oxygen atoms in total. The van der Waals surface area contributed by atoms with Crippen molar-refractivity contribution in [3.63, 3.8) is 0 Å². The van der Waals surface area contributed by atoms with Crippen LogP contribution in [0.3, 0.4) is 0 Å².